The van der Waals surface area contributed by atoms with Crippen LogP contribution in [0, 0.1) is 0 Å². The van der Waals surface area contributed by atoms with Gasteiger partial charge in [-0.1, -0.05) is 53.0 Å². The lowest BCUT2D eigenvalue weighted by Crippen LogP contribution is -2.06. The highest BCUT2D eigenvalue weighted by molar-refractivity contribution is 9.10. The van der Waals surface area contributed by atoms with Gasteiger partial charge >= 0.3 is 11.9 Å². The van der Waals surface area contributed by atoms with Crippen molar-refractivity contribution in [1.82, 2.24) is 0 Å². The van der Waals surface area contributed by atoms with E-state index in [9.17, 15) is 9.59 Å². The van der Waals surface area contributed by atoms with Crippen molar-refractivity contribution in [3.05, 3.63) is 79.2 Å². The molecule has 0 aromatic heterocycles. The number of nitrogens with two attached hydrogens (primary N) is 2. The molecule has 3 aromatic rings. The highest BCUT2D eigenvalue weighted by Gasteiger charge is 2.16. The van der Waals surface area contributed by atoms with Gasteiger partial charge in [0.1, 0.15) is 0 Å². The Morgan fingerprint density at radius 1 is 0.750 bits per heavy atom. The van der Waals surface area contributed by atoms with E-state index in [-0.39, 0.29) is 11.3 Å². The minimum atomic E-state index is -0.512. The lowest BCUT2D eigenvalue weighted by Gasteiger charge is -2.11. The van der Waals surface area contributed by atoms with E-state index in [1.807, 2.05) is 18.2 Å². The van der Waals surface area contributed by atoms with Gasteiger partial charge in [-0.05, 0) is 46.3 Å². The zero-order valence-corrected chi connectivity index (χ0v) is 20.8. The van der Waals surface area contributed by atoms with Gasteiger partial charge in [-0.2, -0.15) is 0 Å². The maximum atomic E-state index is 11.6. The van der Waals surface area contributed by atoms with Crippen molar-refractivity contribution in [3.63, 3.8) is 0 Å². The molecule has 0 unspecified atom stereocenters. The molecule has 3 aromatic carbocycles. The van der Waals surface area contributed by atoms with Crippen LogP contribution in [0.5, 0.6) is 0 Å². The zero-order valence-electron chi connectivity index (χ0n) is 16.9. The van der Waals surface area contributed by atoms with Crippen LogP contribution in [0.1, 0.15) is 20.7 Å². The fourth-order valence-electron chi connectivity index (χ4n) is 2.61. The van der Waals surface area contributed by atoms with Gasteiger partial charge in [0, 0.05) is 32.0 Å². The molecule has 0 aliphatic rings. The number of halogens is 4. The molecule has 0 aliphatic heterocycles. The SMILES string of the molecule is COC(=O)c1cc(-c2ccccc2Cl)c(Cl)cc1N.COC(=O)c1cc(Br)c(Cl)cc1N. The Hall–Kier alpha value is -2.45. The second-order valence-electron chi connectivity index (χ2n) is 6.24. The number of benzene rings is 3. The molecule has 3 rings (SSSR count). The standard InChI is InChI=1S/C14H11Cl2NO2.C8H7BrClNO2/c1-19-14(18)10-6-9(12(16)7-13(10)17)8-4-2-3-5-11(8)15;1-13-8(12)4-2-5(9)6(10)3-7(4)11/h2-7H,17H2,1H3;2-3H,11H2,1H3. The second-order valence-corrected chi connectivity index (χ2v) is 8.31. The van der Waals surface area contributed by atoms with Crippen molar-refractivity contribution in [2.75, 3.05) is 25.7 Å². The summed E-state index contributed by atoms with van der Waals surface area (Å²) >= 11 is 21.2. The van der Waals surface area contributed by atoms with E-state index in [0.29, 0.717) is 36.4 Å². The number of ether oxygens (including phenoxy) is 2. The van der Waals surface area contributed by atoms with E-state index in [1.54, 1.807) is 12.1 Å². The molecule has 0 spiro atoms. The van der Waals surface area contributed by atoms with Gasteiger partial charge in [0.25, 0.3) is 0 Å². The minimum Gasteiger partial charge on any atom is -0.465 e. The molecule has 0 fully saturated rings. The molecule has 6 nitrogen and oxygen atoms in total. The predicted octanol–water partition coefficient (Wildman–Crippen LogP) is 6.50. The predicted molar refractivity (Wildman–Crippen MR) is 133 cm³/mol. The van der Waals surface area contributed by atoms with Crippen molar-refractivity contribution in [1.29, 1.82) is 0 Å². The fraction of sp³-hybridized carbons (Fsp3) is 0.0909. The monoisotopic (exact) mass is 558 g/mol. The Kier molecular flexibility index (Phi) is 9.21. The van der Waals surface area contributed by atoms with Gasteiger partial charge in [0.2, 0.25) is 0 Å². The van der Waals surface area contributed by atoms with Crippen molar-refractivity contribution in [2.24, 2.45) is 0 Å². The Labute approximate surface area is 208 Å². The van der Waals surface area contributed by atoms with E-state index in [0.717, 1.165) is 5.56 Å². The minimum absolute atomic E-state index is 0.266. The average Bonchev–Trinajstić information content (AvgIpc) is 2.76. The van der Waals surface area contributed by atoms with Gasteiger partial charge in [-0.15, -0.1) is 0 Å². The fourth-order valence-corrected chi connectivity index (χ4v) is 3.64. The van der Waals surface area contributed by atoms with Crippen LogP contribution in [-0.2, 0) is 9.47 Å². The summed E-state index contributed by atoms with van der Waals surface area (Å²) in [6, 6.07) is 13.4. The number of rotatable bonds is 3. The molecule has 0 aliphatic carbocycles. The summed E-state index contributed by atoms with van der Waals surface area (Å²) in [6.45, 7) is 0. The van der Waals surface area contributed by atoms with Gasteiger partial charge in [0.15, 0.2) is 0 Å². The van der Waals surface area contributed by atoms with Crippen molar-refractivity contribution >= 4 is 74.0 Å². The molecule has 10 heteroatoms. The molecule has 0 amide bonds. The maximum Gasteiger partial charge on any atom is 0.339 e. The summed E-state index contributed by atoms with van der Waals surface area (Å²) in [5.41, 5.74) is 13.8. The summed E-state index contributed by atoms with van der Waals surface area (Å²) in [7, 11) is 2.59. The Morgan fingerprint density at radius 2 is 1.25 bits per heavy atom. The summed E-state index contributed by atoms with van der Waals surface area (Å²) in [6.07, 6.45) is 0. The van der Waals surface area contributed by atoms with E-state index < -0.39 is 11.9 Å². The molecule has 168 valence electrons. The van der Waals surface area contributed by atoms with Gasteiger partial charge in [0.05, 0.1) is 35.4 Å². The largest absolute Gasteiger partial charge is 0.465 e. The first-order chi connectivity index (χ1) is 15.1. The van der Waals surface area contributed by atoms with Crippen molar-refractivity contribution < 1.29 is 19.1 Å². The zero-order chi connectivity index (χ0) is 24.0. The van der Waals surface area contributed by atoms with E-state index in [2.05, 4.69) is 25.4 Å². The molecule has 0 radical (unpaired) electrons. The first kappa shape index (κ1) is 25.8. The Balaban J connectivity index is 0.000000244. The normalized spacial score (nSPS) is 10.1. The van der Waals surface area contributed by atoms with E-state index in [1.165, 1.54) is 32.4 Å². The highest BCUT2D eigenvalue weighted by atomic mass is 79.9. The summed E-state index contributed by atoms with van der Waals surface area (Å²) in [5.74, 6) is -0.989. The third kappa shape index (κ3) is 6.07. The third-order valence-electron chi connectivity index (χ3n) is 4.21. The summed E-state index contributed by atoms with van der Waals surface area (Å²) in [4.78, 5) is 22.8. The van der Waals surface area contributed by atoms with Gasteiger partial charge in [-0.3, -0.25) is 0 Å². The quantitative estimate of drug-likeness (QED) is 0.280. The molecule has 0 saturated heterocycles. The van der Waals surface area contributed by atoms with Crippen molar-refractivity contribution in [3.8, 4) is 11.1 Å². The second kappa shape index (κ2) is 11.4. The Morgan fingerprint density at radius 3 is 1.78 bits per heavy atom. The van der Waals surface area contributed by atoms with Crippen LogP contribution in [-0.4, -0.2) is 26.2 Å². The van der Waals surface area contributed by atoms with Crippen LogP contribution in [0.25, 0.3) is 11.1 Å². The lowest BCUT2D eigenvalue weighted by atomic mass is 10.0. The molecule has 0 atom stereocenters. The molecular weight excluding hydrogens is 543 g/mol. The van der Waals surface area contributed by atoms with Crippen LogP contribution in [0.2, 0.25) is 15.1 Å². The number of carbonyl (C=O) groups excluding carboxylic acids is 2. The van der Waals surface area contributed by atoms with Crippen molar-refractivity contribution in [2.45, 2.75) is 0 Å². The molecular formula is C22H18BrCl3N2O4. The molecule has 0 bridgehead atoms. The number of methoxy groups -OCH3 is 2. The first-order valence-corrected chi connectivity index (χ1v) is 10.8. The lowest BCUT2D eigenvalue weighted by molar-refractivity contribution is 0.0593. The number of carbonyl (C=O) groups is 2. The van der Waals surface area contributed by atoms with Crippen LogP contribution in [0.15, 0.2) is 53.0 Å². The summed E-state index contributed by atoms with van der Waals surface area (Å²) in [5, 5.41) is 1.44. The van der Waals surface area contributed by atoms with Gasteiger partial charge in [-0.25, -0.2) is 9.59 Å². The first-order valence-electron chi connectivity index (χ1n) is 8.85. The summed E-state index contributed by atoms with van der Waals surface area (Å²) < 4.78 is 9.83. The number of anilines is 2. The molecule has 0 saturated carbocycles. The maximum absolute atomic E-state index is 11.6. The van der Waals surface area contributed by atoms with Crippen LogP contribution >= 0.6 is 50.7 Å². The number of esters is 2. The highest BCUT2D eigenvalue weighted by Crippen LogP contribution is 2.36. The van der Waals surface area contributed by atoms with E-state index >= 15 is 0 Å². The third-order valence-corrected chi connectivity index (χ3v) is 6.05. The Bertz CT molecular complexity index is 1170. The topological polar surface area (TPSA) is 105 Å². The van der Waals surface area contributed by atoms with Crippen LogP contribution in [0.4, 0.5) is 11.4 Å². The number of hydrogen-bond donors (Lipinski definition) is 2. The average molecular weight is 561 g/mol. The molecule has 32 heavy (non-hydrogen) atoms. The smallest absolute Gasteiger partial charge is 0.339 e. The molecule has 4 N–H and O–H groups in total. The van der Waals surface area contributed by atoms with Crippen LogP contribution < -0.4 is 11.5 Å². The van der Waals surface area contributed by atoms with Crippen LogP contribution in [0.3, 0.4) is 0 Å². The molecule has 0 heterocycles. The number of hydrogen-bond acceptors (Lipinski definition) is 6. The van der Waals surface area contributed by atoms with Gasteiger partial charge < -0.3 is 20.9 Å². The number of nitrogen functional groups attached to an aromatic ring is 2. The van der Waals surface area contributed by atoms with E-state index in [4.69, 9.17) is 46.3 Å².